The van der Waals surface area contributed by atoms with Crippen molar-refractivity contribution in [2.45, 2.75) is 50.4 Å². The quantitative estimate of drug-likeness (QED) is 0.327. The Morgan fingerprint density at radius 2 is 2.00 bits per heavy atom. The Morgan fingerprint density at radius 3 is 2.57 bits per heavy atom. The number of nitrogens with zero attached hydrogens (tertiary/aromatic N) is 5. The number of rotatable bonds is 6. The lowest BCUT2D eigenvalue weighted by atomic mass is 9.98. The average Bonchev–Trinajstić information content (AvgIpc) is 3.40. The van der Waals surface area contributed by atoms with Gasteiger partial charge < -0.3 is 19.9 Å². The molecule has 0 spiro atoms. The highest BCUT2D eigenvalue weighted by atomic mass is 127. The molecule has 2 aliphatic heterocycles. The number of aliphatic imine (C=N–C) groups is 1. The molecular formula is C19H32F3IN6O. The van der Waals surface area contributed by atoms with Gasteiger partial charge in [-0.3, -0.25) is 9.89 Å². The first-order valence-electron chi connectivity index (χ1n) is 10.3. The maximum atomic E-state index is 13.7. The van der Waals surface area contributed by atoms with Crippen molar-refractivity contribution in [3.63, 3.8) is 0 Å². The molecule has 2 unspecified atom stereocenters. The Hall–Kier alpha value is -1.08. The summed E-state index contributed by atoms with van der Waals surface area (Å²) in [5.74, 6) is 0.194. The summed E-state index contributed by atoms with van der Waals surface area (Å²) in [6, 6.07) is 0.473. The third-order valence-corrected chi connectivity index (χ3v) is 5.85. The third-order valence-electron chi connectivity index (χ3n) is 5.85. The molecule has 30 heavy (non-hydrogen) atoms. The van der Waals surface area contributed by atoms with Gasteiger partial charge in [0.05, 0.1) is 0 Å². The molecule has 2 fully saturated rings. The van der Waals surface area contributed by atoms with E-state index in [9.17, 15) is 18.3 Å². The van der Waals surface area contributed by atoms with Crippen LogP contribution in [0.4, 0.5) is 13.2 Å². The van der Waals surface area contributed by atoms with E-state index in [1.54, 1.807) is 0 Å². The van der Waals surface area contributed by atoms with Crippen molar-refractivity contribution >= 4 is 29.9 Å². The molecule has 7 nitrogen and oxygen atoms in total. The van der Waals surface area contributed by atoms with Gasteiger partial charge in [-0.15, -0.1) is 24.0 Å². The van der Waals surface area contributed by atoms with Gasteiger partial charge in [0, 0.05) is 58.1 Å². The van der Waals surface area contributed by atoms with Gasteiger partial charge in [0.25, 0.3) is 0 Å². The summed E-state index contributed by atoms with van der Waals surface area (Å²) < 4.78 is 42.2. The average molecular weight is 544 g/mol. The van der Waals surface area contributed by atoms with E-state index in [0.29, 0.717) is 18.5 Å². The second kappa shape index (κ2) is 10.5. The molecule has 2 atom stereocenters. The molecule has 11 heteroatoms. The Kier molecular flexibility index (Phi) is 8.80. The second-order valence-electron chi connectivity index (χ2n) is 7.84. The summed E-state index contributed by atoms with van der Waals surface area (Å²) >= 11 is 0. The van der Waals surface area contributed by atoms with Crippen molar-refractivity contribution in [2.75, 3.05) is 39.3 Å². The lowest BCUT2D eigenvalue weighted by molar-refractivity contribution is -0.272. The summed E-state index contributed by atoms with van der Waals surface area (Å²) in [6.45, 7) is 6.31. The van der Waals surface area contributed by atoms with E-state index >= 15 is 0 Å². The maximum Gasteiger partial charge on any atom is 0.424 e. The number of hydrogen-bond donors (Lipinski definition) is 2. The molecule has 1 aromatic rings. The van der Waals surface area contributed by atoms with Gasteiger partial charge in [-0.25, -0.2) is 4.98 Å². The Bertz CT molecular complexity index is 707. The van der Waals surface area contributed by atoms with Crippen LogP contribution in [0, 0.1) is 0 Å². The molecule has 2 saturated heterocycles. The Morgan fingerprint density at radius 1 is 1.30 bits per heavy atom. The Balaban J connectivity index is 0.00000320. The van der Waals surface area contributed by atoms with Crippen LogP contribution in [0.2, 0.25) is 0 Å². The van der Waals surface area contributed by atoms with E-state index in [1.165, 1.54) is 36.9 Å². The molecule has 1 aromatic heterocycles. The molecule has 0 aromatic carbocycles. The van der Waals surface area contributed by atoms with Gasteiger partial charge in [0.15, 0.2) is 5.96 Å². The molecule has 0 saturated carbocycles. The monoisotopic (exact) mass is 544 g/mol. The molecule has 3 heterocycles. The minimum atomic E-state index is -4.84. The minimum Gasteiger partial charge on any atom is -0.374 e. The van der Waals surface area contributed by atoms with Crippen LogP contribution < -0.4 is 5.32 Å². The van der Waals surface area contributed by atoms with Crippen LogP contribution in [0.3, 0.4) is 0 Å². The lowest BCUT2D eigenvalue weighted by Gasteiger charge is -2.30. The van der Waals surface area contributed by atoms with Gasteiger partial charge in [-0.05, 0) is 39.3 Å². The second-order valence-corrected chi connectivity index (χ2v) is 7.84. The number of imidazole rings is 1. The van der Waals surface area contributed by atoms with Crippen molar-refractivity contribution in [2.24, 2.45) is 12.0 Å². The summed E-state index contributed by atoms with van der Waals surface area (Å²) in [5, 5.41) is 13.6. The standard InChI is InChI=1S/C19H31F3N6O.HI/c1-3-23-17(28-12-6-15(14-28)27-10-4-5-11-27)25-8-7-18(29,19(20,21)22)16-24-9-13-26(16)2;/h9,13,15,29H,3-8,10-12,14H2,1-2H3,(H,23,25);1H. The largest absolute Gasteiger partial charge is 0.424 e. The maximum absolute atomic E-state index is 13.7. The molecule has 2 N–H and O–H groups in total. The zero-order chi connectivity index (χ0) is 21.1. The molecule has 0 aliphatic carbocycles. The summed E-state index contributed by atoms with van der Waals surface area (Å²) in [5.41, 5.74) is -3.03. The van der Waals surface area contributed by atoms with E-state index < -0.39 is 24.0 Å². The van der Waals surface area contributed by atoms with Gasteiger partial charge in [0.2, 0.25) is 5.60 Å². The molecule has 0 bridgehead atoms. The summed E-state index contributed by atoms with van der Waals surface area (Å²) in [4.78, 5) is 12.7. The first-order chi connectivity index (χ1) is 13.8. The molecule has 0 amide bonds. The van der Waals surface area contributed by atoms with Gasteiger partial charge in [0.1, 0.15) is 5.82 Å². The number of guanidine groups is 1. The molecule has 0 radical (unpaired) electrons. The number of aryl methyl sites for hydroxylation is 1. The van der Waals surface area contributed by atoms with Gasteiger partial charge in [-0.2, -0.15) is 13.2 Å². The smallest absolute Gasteiger partial charge is 0.374 e. The first kappa shape index (κ1) is 25.2. The number of likely N-dealkylation sites (tertiary alicyclic amines) is 2. The van der Waals surface area contributed by atoms with Crippen LogP contribution in [0.1, 0.15) is 38.4 Å². The first-order valence-corrected chi connectivity index (χ1v) is 10.3. The fourth-order valence-corrected chi connectivity index (χ4v) is 4.23. The highest BCUT2D eigenvalue weighted by Crippen LogP contribution is 2.40. The molecule has 172 valence electrons. The van der Waals surface area contributed by atoms with Crippen LogP contribution in [-0.4, -0.2) is 81.9 Å². The summed E-state index contributed by atoms with van der Waals surface area (Å²) in [7, 11) is 1.44. The number of hydrogen-bond acceptors (Lipinski definition) is 4. The zero-order valence-electron chi connectivity index (χ0n) is 17.5. The SMILES string of the molecule is CCNC(=NCCC(O)(c1nccn1C)C(F)(F)F)N1CCC(N2CCCC2)C1.I. The van der Waals surface area contributed by atoms with Crippen molar-refractivity contribution in [1.82, 2.24) is 24.7 Å². The third kappa shape index (κ3) is 5.39. The van der Waals surface area contributed by atoms with E-state index in [-0.39, 0.29) is 30.5 Å². The number of halogens is 4. The van der Waals surface area contributed by atoms with Crippen molar-refractivity contribution in [3.8, 4) is 0 Å². The lowest BCUT2D eigenvalue weighted by Crippen LogP contribution is -2.45. The molecule has 3 rings (SSSR count). The normalized spacial score (nSPS) is 22.8. The van der Waals surface area contributed by atoms with Crippen molar-refractivity contribution < 1.29 is 18.3 Å². The predicted molar refractivity (Wildman–Crippen MR) is 120 cm³/mol. The zero-order valence-corrected chi connectivity index (χ0v) is 19.9. The van der Waals surface area contributed by atoms with Gasteiger partial charge >= 0.3 is 6.18 Å². The number of aliphatic hydroxyl groups is 1. The van der Waals surface area contributed by atoms with Crippen LogP contribution in [0.15, 0.2) is 17.4 Å². The van der Waals surface area contributed by atoms with Crippen LogP contribution in [0.25, 0.3) is 0 Å². The number of aromatic nitrogens is 2. The molecule has 2 aliphatic rings. The van der Waals surface area contributed by atoms with E-state index in [1.807, 2.05) is 6.92 Å². The predicted octanol–water partition coefficient (Wildman–Crippen LogP) is 2.31. The van der Waals surface area contributed by atoms with Gasteiger partial charge in [-0.1, -0.05) is 0 Å². The Labute approximate surface area is 192 Å². The van der Waals surface area contributed by atoms with Crippen LogP contribution in [-0.2, 0) is 12.6 Å². The fraction of sp³-hybridized carbons (Fsp3) is 0.789. The fourth-order valence-electron chi connectivity index (χ4n) is 4.23. The number of nitrogens with one attached hydrogen (secondary N) is 1. The van der Waals surface area contributed by atoms with E-state index in [2.05, 4.69) is 25.1 Å². The highest BCUT2D eigenvalue weighted by Gasteiger charge is 2.57. The van der Waals surface area contributed by atoms with Crippen LogP contribution >= 0.6 is 24.0 Å². The topological polar surface area (TPSA) is 68.9 Å². The number of alkyl halides is 3. The van der Waals surface area contributed by atoms with Crippen LogP contribution in [0.5, 0.6) is 0 Å². The van der Waals surface area contributed by atoms with E-state index in [0.717, 1.165) is 32.6 Å². The van der Waals surface area contributed by atoms with Crippen molar-refractivity contribution in [1.29, 1.82) is 0 Å². The summed E-state index contributed by atoms with van der Waals surface area (Å²) in [6.07, 6.45) is 0.713. The highest BCUT2D eigenvalue weighted by molar-refractivity contribution is 14.0. The van der Waals surface area contributed by atoms with E-state index in [4.69, 9.17) is 0 Å². The minimum absolute atomic E-state index is 0. The van der Waals surface area contributed by atoms with Crippen molar-refractivity contribution in [3.05, 3.63) is 18.2 Å². The molecular weight excluding hydrogens is 512 g/mol.